The molecule has 0 saturated heterocycles. The number of likely N-dealkylation sites (N-methyl/N-ethyl adjacent to an activating group) is 1. The summed E-state index contributed by atoms with van der Waals surface area (Å²) in [6.45, 7) is 2.98. The number of fused-ring (bicyclic) bond motifs is 2. The number of hydrogen-bond donors (Lipinski definition) is 1. The summed E-state index contributed by atoms with van der Waals surface area (Å²) >= 11 is 0. The van der Waals surface area contributed by atoms with Crippen molar-refractivity contribution in [3.05, 3.63) is 72.7 Å². The molecule has 0 aliphatic carbocycles. The molecular weight excluding hydrogens is 442 g/mol. The molecule has 1 aliphatic rings. The van der Waals surface area contributed by atoms with Crippen molar-refractivity contribution in [3.63, 3.8) is 0 Å². The number of carbonyl (C=O) groups is 1. The van der Waals surface area contributed by atoms with Gasteiger partial charge in [-0.25, -0.2) is 9.67 Å². The van der Waals surface area contributed by atoms with Crippen LogP contribution >= 0.6 is 0 Å². The Labute approximate surface area is 201 Å². The fourth-order valence-corrected chi connectivity index (χ4v) is 4.31. The van der Waals surface area contributed by atoms with Crippen LogP contribution in [-0.4, -0.2) is 58.9 Å². The number of hydrogen-bond acceptors (Lipinski definition) is 7. The molecule has 0 aromatic carbocycles. The number of nitrogens with zero attached hydrogens (tertiary/aromatic N) is 8. The van der Waals surface area contributed by atoms with E-state index in [4.69, 9.17) is 0 Å². The van der Waals surface area contributed by atoms with E-state index in [1.807, 2.05) is 56.8 Å². The lowest BCUT2D eigenvalue weighted by Crippen LogP contribution is -2.29. The summed E-state index contributed by atoms with van der Waals surface area (Å²) in [4.78, 5) is 27.5. The normalized spacial score (nSPS) is 13.7. The topological polar surface area (TPSA) is 107 Å². The lowest BCUT2D eigenvalue weighted by atomic mass is 10.0. The van der Waals surface area contributed by atoms with Gasteiger partial charge in [-0.15, -0.1) is 0 Å². The number of aromatic nitrogens is 7. The molecule has 0 unspecified atom stereocenters. The molecule has 5 aromatic heterocycles. The Morgan fingerprint density at radius 2 is 1.89 bits per heavy atom. The quantitative estimate of drug-likeness (QED) is 0.435. The summed E-state index contributed by atoms with van der Waals surface area (Å²) in [5.41, 5.74) is 4.75. The van der Waals surface area contributed by atoms with E-state index in [1.165, 1.54) is 0 Å². The van der Waals surface area contributed by atoms with Crippen LogP contribution in [0.2, 0.25) is 0 Å². The third-order valence-corrected chi connectivity index (χ3v) is 6.35. The third kappa shape index (κ3) is 3.88. The molecule has 6 rings (SSSR count). The molecule has 10 heteroatoms. The van der Waals surface area contributed by atoms with Crippen molar-refractivity contribution in [2.45, 2.75) is 19.9 Å². The molecule has 0 saturated carbocycles. The molecule has 1 amide bonds. The molecule has 0 fully saturated rings. The molecule has 0 radical (unpaired) electrons. The van der Waals surface area contributed by atoms with Gasteiger partial charge in [-0.2, -0.15) is 10.2 Å². The molecule has 1 aliphatic heterocycles. The number of carbonyl (C=O) groups excluding carboxylic acids is 1. The van der Waals surface area contributed by atoms with Crippen LogP contribution in [0.15, 0.2) is 61.4 Å². The van der Waals surface area contributed by atoms with Crippen LogP contribution in [0.5, 0.6) is 0 Å². The van der Waals surface area contributed by atoms with Crippen molar-refractivity contribution in [1.29, 1.82) is 0 Å². The summed E-state index contributed by atoms with van der Waals surface area (Å²) in [6.07, 6.45) is 11.7. The van der Waals surface area contributed by atoms with Crippen molar-refractivity contribution in [1.82, 2.24) is 39.4 Å². The van der Waals surface area contributed by atoms with Gasteiger partial charge in [-0.05, 0) is 36.1 Å². The van der Waals surface area contributed by atoms with E-state index < -0.39 is 0 Å². The molecule has 35 heavy (non-hydrogen) atoms. The summed E-state index contributed by atoms with van der Waals surface area (Å²) in [5.74, 6) is 1.40. The molecule has 0 atom stereocenters. The molecule has 5 aromatic rings. The summed E-state index contributed by atoms with van der Waals surface area (Å²) in [6, 6.07) is 7.88. The monoisotopic (exact) mass is 465 g/mol. The minimum atomic E-state index is 0.0590. The zero-order valence-corrected chi connectivity index (χ0v) is 19.4. The van der Waals surface area contributed by atoms with E-state index in [1.54, 1.807) is 32.9 Å². The minimum absolute atomic E-state index is 0.0590. The van der Waals surface area contributed by atoms with Gasteiger partial charge in [0.05, 0.1) is 17.6 Å². The first-order valence-electron chi connectivity index (χ1n) is 11.3. The first-order valence-corrected chi connectivity index (χ1v) is 11.3. The lowest BCUT2D eigenvalue weighted by Gasteiger charge is -2.12. The van der Waals surface area contributed by atoms with Crippen LogP contribution in [0.4, 0.5) is 11.6 Å². The highest BCUT2D eigenvalue weighted by molar-refractivity contribution is 5.87. The van der Waals surface area contributed by atoms with Gasteiger partial charge in [0.15, 0.2) is 5.82 Å². The van der Waals surface area contributed by atoms with Crippen LogP contribution in [0.1, 0.15) is 11.3 Å². The Kier molecular flexibility index (Phi) is 4.98. The molecule has 1 N–H and O–H groups in total. The van der Waals surface area contributed by atoms with Gasteiger partial charge < -0.3 is 10.2 Å². The molecular formula is C25H23N9O. The molecule has 0 spiro atoms. The van der Waals surface area contributed by atoms with Crippen molar-refractivity contribution >= 4 is 28.3 Å². The minimum Gasteiger partial charge on any atom is -0.344 e. The van der Waals surface area contributed by atoms with Gasteiger partial charge in [0.25, 0.3) is 0 Å². The zero-order chi connectivity index (χ0) is 23.9. The summed E-state index contributed by atoms with van der Waals surface area (Å²) in [5, 5.41) is 14.1. The SMILES string of the molecule is Cc1c(-c2cc3cc(Nc4cc5n(n4)CC(=O)N(C)CC5)ncc3cn2)cncc1-n1cccn1. The lowest BCUT2D eigenvalue weighted by molar-refractivity contribution is -0.130. The third-order valence-electron chi connectivity index (χ3n) is 6.35. The average Bonchev–Trinajstić information content (AvgIpc) is 3.50. The van der Waals surface area contributed by atoms with Crippen LogP contribution in [0, 0.1) is 6.92 Å². The van der Waals surface area contributed by atoms with Gasteiger partial charge in [0.2, 0.25) is 5.91 Å². The van der Waals surface area contributed by atoms with Crippen LogP contribution in [0.25, 0.3) is 27.7 Å². The number of pyridine rings is 3. The van der Waals surface area contributed by atoms with E-state index in [0.29, 0.717) is 18.2 Å². The molecule has 6 heterocycles. The number of nitrogens with one attached hydrogen (secondary N) is 1. The first-order chi connectivity index (χ1) is 17.0. The van der Waals surface area contributed by atoms with Gasteiger partial charge in [0, 0.05) is 73.7 Å². The van der Waals surface area contributed by atoms with Gasteiger partial charge >= 0.3 is 0 Å². The second-order valence-electron chi connectivity index (χ2n) is 8.64. The highest BCUT2D eigenvalue weighted by atomic mass is 16.2. The maximum Gasteiger partial charge on any atom is 0.244 e. The summed E-state index contributed by atoms with van der Waals surface area (Å²) < 4.78 is 3.57. The Hall–Kier alpha value is -4.60. The smallest absolute Gasteiger partial charge is 0.244 e. The summed E-state index contributed by atoms with van der Waals surface area (Å²) in [7, 11) is 1.82. The maximum absolute atomic E-state index is 12.2. The van der Waals surface area contributed by atoms with Crippen molar-refractivity contribution in [2.24, 2.45) is 0 Å². The maximum atomic E-state index is 12.2. The highest BCUT2D eigenvalue weighted by Gasteiger charge is 2.19. The van der Waals surface area contributed by atoms with Crippen LogP contribution < -0.4 is 5.32 Å². The Morgan fingerprint density at radius 1 is 1.00 bits per heavy atom. The van der Waals surface area contributed by atoms with Crippen molar-refractivity contribution in [3.8, 4) is 16.9 Å². The van der Waals surface area contributed by atoms with Crippen molar-refractivity contribution in [2.75, 3.05) is 18.9 Å². The fourth-order valence-electron chi connectivity index (χ4n) is 4.31. The number of rotatable bonds is 4. The molecule has 10 nitrogen and oxygen atoms in total. The first kappa shape index (κ1) is 21.0. The number of amides is 1. The van der Waals surface area contributed by atoms with Crippen molar-refractivity contribution < 1.29 is 4.79 Å². The predicted octanol–water partition coefficient (Wildman–Crippen LogP) is 3.14. The van der Waals surface area contributed by atoms with E-state index in [-0.39, 0.29) is 12.5 Å². The molecule has 174 valence electrons. The second kappa shape index (κ2) is 8.32. The zero-order valence-electron chi connectivity index (χ0n) is 19.4. The standard InChI is InChI=1S/C25H23N9O/c1-16-20(13-26-14-22(16)33-6-3-5-29-33)21-8-17-9-23(28-12-18(17)11-27-21)30-24-10-19-4-7-32(2)25(35)15-34(19)31-24/h3,5-6,8-14H,4,7,15H2,1-2H3,(H,28,30,31). The highest BCUT2D eigenvalue weighted by Crippen LogP contribution is 2.28. The Balaban J connectivity index is 1.31. The van der Waals surface area contributed by atoms with Gasteiger partial charge in [0.1, 0.15) is 12.4 Å². The number of anilines is 2. The van der Waals surface area contributed by atoms with E-state index in [2.05, 4.69) is 30.5 Å². The van der Waals surface area contributed by atoms with E-state index >= 15 is 0 Å². The molecule has 0 bridgehead atoms. The van der Waals surface area contributed by atoms with E-state index in [0.717, 1.165) is 45.4 Å². The van der Waals surface area contributed by atoms with Gasteiger partial charge in [-0.1, -0.05) is 0 Å². The average molecular weight is 466 g/mol. The van der Waals surface area contributed by atoms with Crippen LogP contribution in [0.3, 0.4) is 0 Å². The Morgan fingerprint density at radius 3 is 2.74 bits per heavy atom. The van der Waals surface area contributed by atoms with Crippen LogP contribution in [-0.2, 0) is 17.8 Å². The largest absolute Gasteiger partial charge is 0.344 e. The van der Waals surface area contributed by atoms with E-state index in [9.17, 15) is 4.79 Å². The second-order valence-corrected chi connectivity index (χ2v) is 8.64. The van der Waals surface area contributed by atoms with Gasteiger partial charge in [-0.3, -0.25) is 19.4 Å². The predicted molar refractivity (Wildman–Crippen MR) is 131 cm³/mol. The Bertz CT molecular complexity index is 1560. The fraction of sp³-hybridized carbons (Fsp3) is 0.200.